The topological polar surface area (TPSA) is 74.6 Å². The molecule has 0 aliphatic rings. The molecule has 2 aromatic rings. The fourth-order valence-electron chi connectivity index (χ4n) is 2.09. The Kier molecular flexibility index (Phi) is 6.55. The quantitative estimate of drug-likeness (QED) is 0.542. The van der Waals surface area contributed by atoms with E-state index in [0.717, 1.165) is 22.6 Å². The van der Waals surface area contributed by atoms with Crippen molar-refractivity contribution in [3.05, 3.63) is 65.2 Å². The van der Waals surface area contributed by atoms with E-state index in [-0.39, 0.29) is 0 Å². The second-order valence-electron chi connectivity index (χ2n) is 4.77. The lowest BCUT2D eigenvalue weighted by Gasteiger charge is -2.06. The minimum absolute atomic E-state index is 0.307. The molecule has 0 saturated heterocycles. The third-order valence-electron chi connectivity index (χ3n) is 3.19. The van der Waals surface area contributed by atoms with Gasteiger partial charge >= 0.3 is 11.9 Å². The first kappa shape index (κ1) is 17.4. The van der Waals surface area contributed by atoms with Gasteiger partial charge in [-0.3, -0.25) is 0 Å². The molecule has 0 bridgehead atoms. The molecule has 0 unspecified atom stereocenters. The van der Waals surface area contributed by atoms with E-state index in [1.54, 1.807) is 41.1 Å². The molecule has 2 rings (SSSR count). The summed E-state index contributed by atoms with van der Waals surface area (Å²) in [4.78, 5) is 23.0. The van der Waals surface area contributed by atoms with E-state index < -0.39 is 11.9 Å². The molecule has 6 heteroatoms. The average Bonchev–Trinajstić information content (AvgIpc) is 2.55. The number of benzene rings is 2. The first-order chi connectivity index (χ1) is 11.1. The van der Waals surface area contributed by atoms with Crippen molar-refractivity contribution in [1.82, 2.24) is 0 Å². The van der Waals surface area contributed by atoms with Crippen molar-refractivity contribution in [2.45, 2.75) is 17.7 Å². The van der Waals surface area contributed by atoms with Crippen molar-refractivity contribution < 1.29 is 19.8 Å². The highest BCUT2D eigenvalue weighted by atomic mass is 33.1. The number of hydrogen-bond acceptors (Lipinski definition) is 4. The number of rotatable bonds is 8. The number of carbonyl (C=O) groups is 2. The molecule has 0 heterocycles. The van der Waals surface area contributed by atoms with Crippen LogP contribution in [0.25, 0.3) is 0 Å². The van der Waals surface area contributed by atoms with Crippen molar-refractivity contribution in [3.8, 4) is 0 Å². The maximum Gasteiger partial charge on any atom is 0.336 e. The van der Waals surface area contributed by atoms with Crippen molar-refractivity contribution in [2.75, 3.05) is 5.75 Å². The highest BCUT2D eigenvalue weighted by molar-refractivity contribution is 8.76. The summed E-state index contributed by atoms with van der Waals surface area (Å²) in [5.74, 6) is -1.02. The Morgan fingerprint density at radius 3 is 2.17 bits per heavy atom. The van der Waals surface area contributed by atoms with Crippen LogP contribution in [0, 0.1) is 0 Å². The molecule has 0 aliphatic heterocycles. The highest BCUT2D eigenvalue weighted by Crippen LogP contribution is 2.34. The summed E-state index contributed by atoms with van der Waals surface area (Å²) in [5.41, 5.74) is 1.49. The van der Waals surface area contributed by atoms with E-state index in [1.165, 1.54) is 10.8 Å². The SMILES string of the molecule is O=C(O)c1ccccc1CCCSSc1ccccc1C(=O)O. The standard InChI is InChI=1S/C17H16O4S2/c18-16(19)13-8-2-1-6-12(13)7-5-11-22-23-15-10-4-3-9-14(15)17(20)21/h1-4,6,8-10H,5,7,11H2,(H,18,19)(H,20,21). The minimum atomic E-state index is -0.927. The van der Waals surface area contributed by atoms with E-state index >= 15 is 0 Å². The summed E-state index contributed by atoms with van der Waals surface area (Å²) in [6.07, 6.45) is 1.52. The Morgan fingerprint density at radius 2 is 1.48 bits per heavy atom. The lowest BCUT2D eigenvalue weighted by molar-refractivity contribution is 0.0683. The van der Waals surface area contributed by atoms with Crippen molar-refractivity contribution in [1.29, 1.82) is 0 Å². The fourth-order valence-corrected chi connectivity index (χ4v) is 4.36. The molecule has 0 fully saturated rings. The normalized spacial score (nSPS) is 10.4. The zero-order chi connectivity index (χ0) is 16.7. The van der Waals surface area contributed by atoms with Crippen LogP contribution in [0.3, 0.4) is 0 Å². The maximum absolute atomic E-state index is 11.1. The molecule has 0 amide bonds. The summed E-state index contributed by atoms with van der Waals surface area (Å²) in [6.45, 7) is 0. The van der Waals surface area contributed by atoms with Crippen LogP contribution in [-0.2, 0) is 6.42 Å². The minimum Gasteiger partial charge on any atom is -0.478 e. The third-order valence-corrected chi connectivity index (χ3v) is 5.69. The Balaban J connectivity index is 1.83. The first-order valence-electron chi connectivity index (χ1n) is 7.02. The zero-order valence-electron chi connectivity index (χ0n) is 12.3. The monoisotopic (exact) mass is 348 g/mol. The maximum atomic E-state index is 11.1. The van der Waals surface area contributed by atoms with E-state index in [0.29, 0.717) is 17.5 Å². The van der Waals surface area contributed by atoms with Gasteiger partial charge in [0.15, 0.2) is 0 Å². The van der Waals surface area contributed by atoms with Crippen LogP contribution in [0.2, 0.25) is 0 Å². The van der Waals surface area contributed by atoms with Gasteiger partial charge in [0.05, 0.1) is 11.1 Å². The van der Waals surface area contributed by atoms with Crippen LogP contribution < -0.4 is 0 Å². The van der Waals surface area contributed by atoms with E-state index in [1.807, 2.05) is 18.2 Å². The number of carboxylic acids is 2. The molecular formula is C17H16O4S2. The van der Waals surface area contributed by atoms with Crippen LogP contribution in [0.5, 0.6) is 0 Å². The molecule has 120 valence electrons. The molecule has 0 spiro atoms. The predicted octanol–water partition coefficient (Wildman–Crippen LogP) is 4.46. The van der Waals surface area contributed by atoms with Crippen LogP contribution in [0.4, 0.5) is 0 Å². The second kappa shape index (κ2) is 8.64. The van der Waals surface area contributed by atoms with Gasteiger partial charge in [-0.05, 0) is 36.6 Å². The molecule has 0 saturated carbocycles. The Labute approximate surface area is 142 Å². The van der Waals surface area contributed by atoms with Gasteiger partial charge in [0.25, 0.3) is 0 Å². The molecule has 4 nitrogen and oxygen atoms in total. The largest absolute Gasteiger partial charge is 0.478 e. The number of aryl methyl sites for hydroxylation is 1. The Hall–Kier alpha value is -1.92. The lowest BCUT2D eigenvalue weighted by Crippen LogP contribution is -2.02. The van der Waals surface area contributed by atoms with Crippen LogP contribution in [0.15, 0.2) is 53.4 Å². The fraction of sp³-hybridized carbons (Fsp3) is 0.176. The number of aromatic carboxylic acids is 2. The van der Waals surface area contributed by atoms with Gasteiger partial charge in [0.1, 0.15) is 0 Å². The average molecular weight is 348 g/mol. The van der Waals surface area contributed by atoms with Crippen LogP contribution in [0.1, 0.15) is 32.7 Å². The van der Waals surface area contributed by atoms with Gasteiger partial charge in [-0.15, -0.1) is 0 Å². The number of hydrogen-bond donors (Lipinski definition) is 2. The molecule has 0 atom stereocenters. The predicted molar refractivity (Wildman–Crippen MR) is 93.4 cm³/mol. The molecule has 2 N–H and O–H groups in total. The summed E-state index contributed by atoms with van der Waals surface area (Å²) in [6, 6.07) is 13.9. The molecule has 0 radical (unpaired) electrons. The van der Waals surface area contributed by atoms with Crippen molar-refractivity contribution in [3.63, 3.8) is 0 Å². The van der Waals surface area contributed by atoms with E-state index in [4.69, 9.17) is 10.2 Å². The third kappa shape index (κ3) is 5.04. The molecule has 0 aromatic heterocycles. The lowest BCUT2D eigenvalue weighted by atomic mass is 10.0. The zero-order valence-corrected chi connectivity index (χ0v) is 13.9. The summed E-state index contributed by atoms with van der Waals surface area (Å²) >= 11 is 0. The van der Waals surface area contributed by atoms with Gasteiger partial charge in [-0.25, -0.2) is 9.59 Å². The molecule has 0 aliphatic carbocycles. The van der Waals surface area contributed by atoms with Gasteiger partial charge in [-0.2, -0.15) is 0 Å². The highest BCUT2D eigenvalue weighted by Gasteiger charge is 2.10. The van der Waals surface area contributed by atoms with E-state index in [9.17, 15) is 9.59 Å². The summed E-state index contributed by atoms with van der Waals surface area (Å²) in [5, 5.41) is 18.3. The Morgan fingerprint density at radius 1 is 0.870 bits per heavy atom. The van der Waals surface area contributed by atoms with Crippen molar-refractivity contribution >= 4 is 33.5 Å². The summed E-state index contributed by atoms with van der Waals surface area (Å²) < 4.78 is 0. The van der Waals surface area contributed by atoms with Gasteiger partial charge in [0.2, 0.25) is 0 Å². The van der Waals surface area contributed by atoms with Gasteiger partial charge in [0, 0.05) is 10.6 Å². The molecule has 23 heavy (non-hydrogen) atoms. The van der Waals surface area contributed by atoms with Crippen molar-refractivity contribution in [2.24, 2.45) is 0 Å². The van der Waals surface area contributed by atoms with Gasteiger partial charge < -0.3 is 10.2 Å². The van der Waals surface area contributed by atoms with Crippen LogP contribution >= 0.6 is 21.6 Å². The molecular weight excluding hydrogens is 332 g/mol. The first-order valence-corrected chi connectivity index (χ1v) is 9.34. The van der Waals surface area contributed by atoms with Gasteiger partial charge in [-0.1, -0.05) is 51.9 Å². The second-order valence-corrected chi connectivity index (χ2v) is 7.23. The van der Waals surface area contributed by atoms with E-state index in [2.05, 4.69) is 0 Å². The van der Waals surface area contributed by atoms with Crippen LogP contribution in [-0.4, -0.2) is 27.9 Å². The smallest absolute Gasteiger partial charge is 0.336 e. The summed E-state index contributed by atoms with van der Waals surface area (Å²) in [7, 11) is 3.02. The molecule has 2 aromatic carbocycles. The number of carboxylic acid groups (broad SMARTS) is 2. The Bertz CT molecular complexity index is 641.